The van der Waals surface area contributed by atoms with Gasteiger partial charge in [0.2, 0.25) is 0 Å². The summed E-state index contributed by atoms with van der Waals surface area (Å²) in [6.07, 6.45) is -2.55. The van der Waals surface area contributed by atoms with E-state index < -0.39 is 29.5 Å². The summed E-state index contributed by atoms with van der Waals surface area (Å²) in [6.45, 7) is 10.7. The van der Waals surface area contributed by atoms with Crippen molar-refractivity contribution in [1.29, 1.82) is 0 Å². The third-order valence-corrected chi connectivity index (χ3v) is 7.02. The Balaban J connectivity index is 1.84. The van der Waals surface area contributed by atoms with Gasteiger partial charge in [0.15, 0.2) is 0 Å². The zero-order valence-corrected chi connectivity index (χ0v) is 26.5. The van der Waals surface area contributed by atoms with Crippen molar-refractivity contribution >= 4 is 17.8 Å². The van der Waals surface area contributed by atoms with Gasteiger partial charge in [0.25, 0.3) is 0 Å². The zero-order valence-electron chi connectivity index (χ0n) is 26.5. The number of halogens is 3. The van der Waals surface area contributed by atoms with Crippen LogP contribution in [-0.2, 0) is 38.3 Å². The fourth-order valence-electron chi connectivity index (χ4n) is 5.17. The molecule has 0 radical (unpaired) electrons. The monoisotopic (exact) mass is 620 g/mol. The summed E-state index contributed by atoms with van der Waals surface area (Å²) in [6, 6.07) is 9.35. The zero-order chi connectivity index (χ0) is 32.7. The summed E-state index contributed by atoms with van der Waals surface area (Å²) in [5, 5.41) is 4.24. The van der Waals surface area contributed by atoms with Gasteiger partial charge < -0.3 is 23.9 Å². The van der Waals surface area contributed by atoms with E-state index in [4.69, 9.17) is 19.0 Å². The van der Waals surface area contributed by atoms with Gasteiger partial charge >= 0.3 is 18.2 Å². The van der Waals surface area contributed by atoms with Crippen molar-refractivity contribution in [2.24, 2.45) is 5.16 Å². The molecule has 44 heavy (non-hydrogen) atoms. The number of rotatable bonds is 11. The number of ether oxygens (including phenoxy) is 3. The van der Waals surface area contributed by atoms with Crippen LogP contribution in [0.1, 0.15) is 101 Å². The molecule has 0 heterocycles. The van der Waals surface area contributed by atoms with Gasteiger partial charge in [-0.25, -0.2) is 4.79 Å². The summed E-state index contributed by atoms with van der Waals surface area (Å²) in [7, 11) is 1.33. The molecular formula is C33H43F3N2O6. The molecule has 1 aliphatic carbocycles. The maximum atomic E-state index is 13.6. The molecule has 1 unspecified atom stereocenters. The van der Waals surface area contributed by atoms with E-state index in [2.05, 4.69) is 5.16 Å². The van der Waals surface area contributed by atoms with E-state index in [0.717, 1.165) is 42.0 Å². The standard InChI is InChI=1S/C33H43F3N2O6/c1-21(2)43-29-17-16-23(19-27(29)33(34,35)36)20-42-37-22(3)24-11-8-13-26-25(24)12-9-14-28(26)38(18-10-15-30(39)41-7)31(40)44-32(4,5)6/h8,11,13,16-17,19,21,28H,9-10,12,14-15,18,20H2,1-7H3/b37-22+. The van der Waals surface area contributed by atoms with Crippen LogP contribution in [0.4, 0.5) is 18.0 Å². The minimum atomic E-state index is -4.58. The number of benzene rings is 2. The largest absolute Gasteiger partial charge is 0.490 e. The van der Waals surface area contributed by atoms with Gasteiger partial charge in [0.1, 0.15) is 18.0 Å². The van der Waals surface area contributed by atoms with Crippen LogP contribution in [0.5, 0.6) is 5.75 Å². The lowest BCUT2D eigenvalue weighted by molar-refractivity contribution is -0.141. The molecule has 0 saturated heterocycles. The van der Waals surface area contributed by atoms with Crippen molar-refractivity contribution in [3.63, 3.8) is 0 Å². The van der Waals surface area contributed by atoms with Gasteiger partial charge in [-0.2, -0.15) is 13.2 Å². The molecule has 2 aromatic rings. The molecule has 0 spiro atoms. The molecule has 0 aliphatic heterocycles. The minimum absolute atomic E-state index is 0.160. The van der Waals surface area contributed by atoms with Gasteiger partial charge in [-0.05, 0) is 96.0 Å². The highest BCUT2D eigenvalue weighted by Gasteiger charge is 2.35. The molecule has 0 bridgehead atoms. The number of carbonyl (C=O) groups excluding carboxylic acids is 2. The maximum absolute atomic E-state index is 13.6. The molecule has 0 fully saturated rings. The maximum Gasteiger partial charge on any atom is 0.419 e. The quantitative estimate of drug-likeness (QED) is 0.144. The van der Waals surface area contributed by atoms with E-state index in [-0.39, 0.29) is 30.8 Å². The number of alkyl halides is 3. The predicted molar refractivity (Wildman–Crippen MR) is 161 cm³/mol. The second-order valence-electron chi connectivity index (χ2n) is 12.1. The molecule has 1 atom stereocenters. The van der Waals surface area contributed by atoms with Crippen LogP contribution in [0.25, 0.3) is 0 Å². The average Bonchev–Trinajstić information content (AvgIpc) is 2.93. The highest BCUT2D eigenvalue weighted by Crippen LogP contribution is 2.39. The lowest BCUT2D eigenvalue weighted by atomic mass is 9.83. The lowest BCUT2D eigenvalue weighted by Gasteiger charge is -2.37. The van der Waals surface area contributed by atoms with Crippen molar-refractivity contribution in [3.05, 3.63) is 64.2 Å². The number of hydrogen-bond acceptors (Lipinski definition) is 7. The third kappa shape index (κ3) is 9.62. The number of carbonyl (C=O) groups is 2. The Bertz CT molecular complexity index is 1330. The Kier molecular flexibility index (Phi) is 11.7. The van der Waals surface area contributed by atoms with E-state index in [0.29, 0.717) is 24.2 Å². The van der Waals surface area contributed by atoms with Crippen LogP contribution in [-0.4, -0.2) is 48.0 Å². The Morgan fingerprint density at radius 3 is 2.48 bits per heavy atom. The molecule has 242 valence electrons. The van der Waals surface area contributed by atoms with Crippen molar-refractivity contribution in [1.82, 2.24) is 4.90 Å². The van der Waals surface area contributed by atoms with Gasteiger partial charge in [-0.3, -0.25) is 4.79 Å². The van der Waals surface area contributed by atoms with Crippen LogP contribution < -0.4 is 4.74 Å². The molecule has 8 nitrogen and oxygen atoms in total. The van der Waals surface area contributed by atoms with Crippen LogP contribution in [0, 0.1) is 0 Å². The average molecular weight is 621 g/mol. The van der Waals surface area contributed by atoms with Crippen molar-refractivity contribution in [2.75, 3.05) is 13.7 Å². The number of esters is 1. The highest BCUT2D eigenvalue weighted by molar-refractivity contribution is 6.00. The first-order valence-corrected chi connectivity index (χ1v) is 14.8. The second-order valence-corrected chi connectivity index (χ2v) is 12.1. The second kappa shape index (κ2) is 14.8. The molecule has 0 aromatic heterocycles. The topological polar surface area (TPSA) is 86.7 Å². The number of nitrogens with zero attached hydrogens (tertiary/aromatic N) is 2. The summed E-state index contributed by atoms with van der Waals surface area (Å²) in [5.74, 6) is -0.575. The molecule has 2 aromatic carbocycles. The number of fused-ring (bicyclic) bond motifs is 1. The summed E-state index contributed by atoms with van der Waals surface area (Å²) < 4.78 is 56.8. The number of methoxy groups -OCH3 is 1. The molecule has 0 saturated carbocycles. The predicted octanol–water partition coefficient (Wildman–Crippen LogP) is 8.00. The Morgan fingerprint density at radius 2 is 1.84 bits per heavy atom. The molecule has 3 rings (SSSR count). The minimum Gasteiger partial charge on any atom is -0.490 e. The van der Waals surface area contributed by atoms with Crippen LogP contribution in [0.2, 0.25) is 0 Å². The normalized spacial score (nSPS) is 15.4. The molecule has 11 heteroatoms. The number of oxime groups is 1. The summed E-state index contributed by atoms with van der Waals surface area (Å²) in [5.41, 5.74) is 2.13. The first kappa shape index (κ1) is 34.7. The molecule has 1 aliphatic rings. The Labute approximate surface area is 257 Å². The SMILES string of the molecule is COC(=O)CCCN(C(=O)OC(C)(C)C)C1CCCc2c(/C(C)=N/OCc3ccc(OC(C)C)c(C(F)(F)F)c3)cccc21. The summed E-state index contributed by atoms with van der Waals surface area (Å²) in [4.78, 5) is 32.3. The lowest BCUT2D eigenvalue weighted by Crippen LogP contribution is -2.41. The Hall–Kier alpha value is -3.76. The number of amides is 1. The fraction of sp³-hybridized carbons (Fsp3) is 0.545. The van der Waals surface area contributed by atoms with Gasteiger partial charge in [0.05, 0.1) is 30.5 Å². The van der Waals surface area contributed by atoms with Crippen molar-refractivity contribution in [2.45, 2.75) is 104 Å². The summed E-state index contributed by atoms with van der Waals surface area (Å²) >= 11 is 0. The smallest absolute Gasteiger partial charge is 0.419 e. The Morgan fingerprint density at radius 1 is 1.11 bits per heavy atom. The van der Waals surface area contributed by atoms with E-state index in [1.807, 2.05) is 39.0 Å². The van der Waals surface area contributed by atoms with Crippen LogP contribution >= 0.6 is 0 Å². The van der Waals surface area contributed by atoms with Gasteiger partial charge in [-0.1, -0.05) is 29.4 Å². The molecular weight excluding hydrogens is 577 g/mol. The number of hydrogen-bond donors (Lipinski definition) is 0. The van der Waals surface area contributed by atoms with E-state index in [1.54, 1.807) is 25.7 Å². The van der Waals surface area contributed by atoms with Crippen LogP contribution in [0.3, 0.4) is 0 Å². The molecule has 0 N–H and O–H groups in total. The van der Waals surface area contributed by atoms with E-state index in [1.165, 1.54) is 19.2 Å². The molecule has 1 amide bonds. The van der Waals surface area contributed by atoms with Crippen molar-refractivity contribution in [3.8, 4) is 5.75 Å². The van der Waals surface area contributed by atoms with E-state index >= 15 is 0 Å². The fourth-order valence-corrected chi connectivity index (χ4v) is 5.17. The van der Waals surface area contributed by atoms with E-state index in [9.17, 15) is 22.8 Å². The third-order valence-electron chi connectivity index (χ3n) is 7.02. The van der Waals surface area contributed by atoms with Gasteiger partial charge in [0, 0.05) is 18.5 Å². The van der Waals surface area contributed by atoms with Gasteiger partial charge in [-0.15, -0.1) is 0 Å². The first-order valence-electron chi connectivity index (χ1n) is 14.8. The first-order chi connectivity index (χ1) is 20.6. The van der Waals surface area contributed by atoms with Crippen molar-refractivity contribution < 1.29 is 41.8 Å². The van der Waals surface area contributed by atoms with Crippen LogP contribution in [0.15, 0.2) is 41.6 Å². The highest BCUT2D eigenvalue weighted by atomic mass is 19.4.